The lowest BCUT2D eigenvalue weighted by Crippen LogP contribution is -2.14. The predicted octanol–water partition coefficient (Wildman–Crippen LogP) is 2.46. The second kappa shape index (κ2) is 4.97. The molecule has 0 aliphatic heterocycles. The van der Waals surface area contributed by atoms with Crippen LogP contribution in [-0.2, 0) is 0 Å². The maximum absolute atomic E-state index is 12.2. The number of pyridine rings is 2. The molecule has 0 spiro atoms. The summed E-state index contributed by atoms with van der Waals surface area (Å²) in [5.41, 5.74) is 7.26. The number of benzene rings is 1. The zero-order chi connectivity index (χ0) is 13.9. The lowest BCUT2D eigenvalue weighted by molar-refractivity contribution is 0.102. The third kappa shape index (κ3) is 2.16. The van der Waals surface area contributed by atoms with E-state index in [9.17, 15) is 4.79 Å². The van der Waals surface area contributed by atoms with Crippen molar-refractivity contribution < 1.29 is 4.79 Å². The van der Waals surface area contributed by atoms with Crippen LogP contribution in [0.1, 0.15) is 10.4 Å². The van der Waals surface area contributed by atoms with Gasteiger partial charge in [-0.1, -0.05) is 12.1 Å². The number of rotatable bonds is 2. The molecule has 20 heavy (non-hydrogen) atoms. The van der Waals surface area contributed by atoms with E-state index in [-0.39, 0.29) is 5.91 Å². The second-order valence-electron chi connectivity index (χ2n) is 4.32. The Hall–Kier alpha value is -2.95. The van der Waals surface area contributed by atoms with Crippen LogP contribution < -0.4 is 11.1 Å². The molecule has 0 saturated carbocycles. The summed E-state index contributed by atoms with van der Waals surface area (Å²) >= 11 is 0. The van der Waals surface area contributed by atoms with E-state index in [4.69, 9.17) is 5.73 Å². The zero-order valence-corrected chi connectivity index (χ0v) is 10.6. The lowest BCUT2D eigenvalue weighted by Gasteiger charge is -2.09. The summed E-state index contributed by atoms with van der Waals surface area (Å²) < 4.78 is 0. The number of anilines is 2. The van der Waals surface area contributed by atoms with Gasteiger partial charge >= 0.3 is 0 Å². The normalized spacial score (nSPS) is 10.4. The van der Waals surface area contributed by atoms with Crippen molar-refractivity contribution in [3.63, 3.8) is 0 Å². The molecule has 0 saturated heterocycles. The lowest BCUT2D eigenvalue weighted by atomic mass is 10.1. The summed E-state index contributed by atoms with van der Waals surface area (Å²) in [6.45, 7) is 0. The molecule has 0 unspecified atom stereocenters. The standard InChI is InChI=1S/C15H12N4O/c16-13-5-7-18-9-12(13)15(20)19-14-3-1-2-10-8-17-6-4-11(10)14/h1-9H,(H2,16,18)(H,19,20). The number of carbonyl (C=O) groups is 1. The minimum Gasteiger partial charge on any atom is -0.398 e. The van der Waals surface area contributed by atoms with Crippen molar-refractivity contribution in [1.82, 2.24) is 9.97 Å². The molecule has 2 heterocycles. The molecule has 0 radical (unpaired) electrons. The van der Waals surface area contributed by atoms with E-state index in [0.29, 0.717) is 11.3 Å². The Bertz CT molecular complexity index is 780. The van der Waals surface area contributed by atoms with E-state index >= 15 is 0 Å². The molecule has 0 aliphatic carbocycles. The van der Waals surface area contributed by atoms with Crippen LogP contribution in [0.5, 0.6) is 0 Å². The van der Waals surface area contributed by atoms with Gasteiger partial charge in [0.05, 0.1) is 5.56 Å². The molecule has 3 N–H and O–H groups in total. The molecule has 3 rings (SSSR count). The van der Waals surface area contributed by atoms with Gasteiger partial charge in [-0.2, -0.15) is 0 Å². The first kappa shape index (κ1) is 12.1. The number of nitrogens with two attached hydrogens (primary N) is 1. The molecule has 98 valence electrons. The molecule has 0 aliphatic rings. The van der Waals surface area contributed by atoms with Crippen LogP contribution in [-0.4, -0.2) is 15.9 Å². The van der Waals surface area contributed by atoms with Gasteiger partial charge in [0.1, 0.15) is 0 Å². The van der Waals surface area contributed by atoms with Crippen molar-refractivity contribution in [1.29, 1.82) is 0 Å². The van der Waals surface area contributed by atoms with Crippen LogP contribution in [0, 0.1) is 0 Å². The third-order valence-corrected chi connectivity index (χ3v) is 3.03. The summed E-state index contributed by atoms with van der Waals surface area (Å²) in [5.74, 6) is -0.278. The number of amides is 1. The Labute approximate surface area is 115 Å². The average molecular weight is 264 g/mol. The van der Waals surface area contributed by atoms with Crippen molar-refractivity contribution in [2.75, 3.05) is 11.1 Å². The van der Waals surface area contributed by atoms with E-state index in [1.807, 2.05) is 24.3 Å². The van der Waals surface area contributed by atoms with Crippen LogP contribution in [0.3, 0.4) is 0 Å². The summed E-state index contributed by atoms with van der Waals surface area (Å²) in [6.07, 6.45) is 6.45. The highest BCUT2D eigenvalue weighted by Gasteiger charge is 2.11. The first-order valence-electron chi connectivity index (χ1n) is 6.09. The van der Waals surface area contributed by atoms with Crippen LogP contribution >= 0.6 is 0 Å². The molecule has 0 atom stereocenters. The maximum Gasteiger partial charge on any atom is 0.259 e. The highest BCUT2D eigenvalue weighted by Crippen LogP contribution is 2.23. The van der Waals surface area contributed by atoms with Gasteiger partial charge in [-0.15, -0.1) is 0 Å². The highest BCUT2D eigenvalue weighted by atomic mass is 16.1. The molecule has 5 heteroatoms. The van der Waals surface area contributed by atoms with Crippen molar-refractivity contribution in [3.05, 3.63) is 60.7 Å². The number of carbonyl (C=O) groups excluding carboxylic acids is 1. The second-order valence-corrected chi connectivity index (χ2v) is 4.32. The van der Waals surface area contributed by atoms with Crippen molar-refractivity contribution in [2.45, 2.75) is 0 Å². The fourth-order valence-corrected chi connectivity index (χ4v) is 2.02. The van der Waals surface area contributed by atoms with Gasteiger partial charge < -0.3 is 11.1 Å². The Morgan fingerprint density at radius 2 is 1.85 bits per heavy atom. The van der Waals surface area contributed by atoms with Gasteiger partial charge in [-0.3, -0.25) is 14.8 Å². The molecule has 5 nitrogen and oxygen atoms in total. The topological polar surface area (TPSA) is 80.9 Å². The van der Waals surface area contributed by atoms with Crippen LogP contribution in [0.25, 0.3) is 10.8 Å². The molecule has 1 amide bonds. The molecular formula is C15H12N4O. The number of nitrogens with zero attached hydrogens (tertiary/aromatic N) is 2. The Balaban J connectivity index is 1.98. The monoisotopic (exact) mass is 264 g/mol. The van der Waals surface area contributed by atoms with E-state index in [2.05, 4.69) is 15.3 Å². The first-order valence-corrected chi connectivity index (χ1v) is 6.09. The first-order chi connectivity index (χ1) is 9.75. The number of nitrogens with one attached hydrogen (secondary N) is 1. The van der Waals surface area contributed by atoms with Gasteiger partial charge in [0.25, 0.3) is 5.91 Å². The molecule has 2 aromatic heterocycles. The van der Waals surface area contributed by atoms with E-state index < -0.39 is 0 Å². The Morgan fingerprint density at radius 3 is 2.70 bits per heavy atom. The van der Waals surface area contributed by atoms with Crippen LogP contribution in [0.15, 0.2) is 55.1 Å². The molecule has 3 aromatic rings. The van der Waals surface area contributed by atoms with Crippen LogP contribution in [0.4, 0.5) is 11.4 Å². The van der Waals surface area contributed by atoms with Crippen molar-refractivity contribution >= 4 is 28.1 Å². The molecule has 0 fully saturated rings. The number of hydrogen-bond donors (Lipinski definition) is 2. The maximum atomic E-state index is 12.2. The predicted molar refractivity (Wildman–Crippen MR) is 78.3 cm³/mol. The number of fused-ring (bicyclic) bond motifs is 1. The number of nitrogen functional groups attached to an aromatic ring is 1. The summed E-state index contributed by atoms with van der Waals surface area (Å²) in [4.78, 5) is 20.2. The van der Waals surface area contributed by atoms with E-state index in [0.717, 1.165) is 16.5 Å². The molecule has 0 bridgehead atoms. The van der Waals surface area contributed by atoms with Gasteiger partial charge in [-0.25, -0.2) is 0 Å². The fourth-order valence-electron chi connectivity index (χ4n) is 2.02. The van der Waals surface area contributed by atoms with E-state index in [1.54, 1.807) is 24.7 Å². The quantitative estimate of drug-likeness (QED) is 0.745. The fraction of sp³-hybridized carbons (Fsp3) is 0. The summed E-state index contributed by atoms with van der Waals surface area (Å²) in [7, 11) is 0. The number of hydrogen-bond acceptors (Lipinski definition) is 4. The largest absolute Gasteiger partial charge is 0.398 e. The van der Waals surface area contributed by atoms with E-state index in [1.165, 1.54) is 6.20 Å². The summed E-state index contributed by atoms with van der Waals surface area (Å²) in [6, 6.07) is 9.11. The SMILES string of the molecule is Nc1ccncc1C(=O)Nc1cccc2cnccc12. The average Bonchev–Trinajstić information content (AvgIpc) is 2.48. The minimum absolute atomic E-state index is 0.278. The summed E-state index contributed by atoms with van der Waals surface area (Å²) in [5, 5.41) is 4.75. The van der Waals surface area contributed by atoms with Crippen molar-refractivity contribution in [3.8, 4) is 0 Å². The van der Waals surface area contributed by atoms with Gasteiger partial charge in [0.15, 0.2) is 0 Å². The van der Waals surface area contributed by atoms with Crippen LogP contribution in [0.2, 0.25) is 0 Å². The number of aromatic nitrogens is 2. The van der Waals surface area contributed by atoms with Gasteiger partial charge in [-0.05, 0) is 18.2 Å². The smallest absolute Gasteiger partial charge is 0.259 e. The van der Waals surface area contributed by atoms with Crippen molar-refractivity contribution in [2.24, 2.45) is 0 Å². The Kier molecular flexibility index (Phi) is 3.01. The van der Waals surface area contributed by atoms with Gasteiger partial charge in [0.2, 0.25) is 0 Å². The minimum atomic E-state index is -0.278. The zero-order valence-electron chi connectivity index (χ0n) is 10.6. The van der Waals surface area contributed by atoms with Gasteiger partial charge in [0, 0.05) is 46.9 Å². The molecular weight excluding hydrogens is 252 g/mol. The third-order valence-electron chi connectivity index (χ3n) is 3.03. The molecule has 1 aromatic carbocycles. The highest BCUT2D eigenvalue weighted by molar-refractivity contribution is 6.11. The Morgan fingerprint density at radius 1 is 1.05 bits per heavy atom.